The number of rotatable bonds is 5. The molecule has 0 N–H and O–H groups in total. The Morgan fingerprint density at radius 3 is 2.04 bits per heavy atom. The number of esters is 2. The molecule has 3 rings (SSSR count). The van der Waals surface area contributed by atoms with Crippen LogP contribution >= 0.6 is 0 Å². The van der Waals surface area contributed by atoms with E-state index in [2.05, 4.69) is 0 Å². The highest BCUT2D eigenvalue weighted by Gasteiger charge is 2.31. The molecule has 0 aromatic heterocycles. The highest BCUT2D eigenvalue weighted by atomic mass is 16.6. The Bertz CT molecular complexity index is 681. The Kier molecular flexibility index (Phi) is 5.26. The fourth-order valence-corrected chi connectivity index (χ4v) is 2.97. The maximum absolute atomic E-state index is 12.2. The largest absolute Gasteiger partial charge is 0.462 e. The smallest absolute Gasteiger partial charge is 0.338 e. The van der Waals surface area contributed by atoms with Gasteiger partial charge in [0.1, 0.15) is 6.10 Å². The number of hydrogen-bond donors (Lipinski definition) is 0. The molecule has 0 unspecified atom stereocenters. The summed E-state index contributed by atoms with van der Waals surface area (Å²) < 4.78 is 11.0. The van der Waals surface area contributed by atoms with E-state index < -0.39 is 0 Å². The second-order valence-electron chi connectivity index (χ2n) is 5.97. The van der Waals surface area contributed by atoms with Gasteiger partial charge in [-0.15, -0.1) is 0 Å². The van der Waals surface area contributed by atoms with Gasteiger partial charge in [-0.1, -0.05) is 36.4 Å². The second-order valence-corrected chi connectivity index (χ2v) is 5.97. The molecule has 1 fully saturated rings. The predicted molar refractivity (Wildman–Crippen MR) is 89.7 cm³/mol. The highest BCUT2D eigenvalue weighted by Crippen LogP contribution is 2.29. The molecule has 0 amide bonds. The van der Waals surface area contributed by atoms with Crippen LogP contribution in [0.2, 0.25) is 0 Å². The molecule has 124 valence electrons. The molecule has 0 aliphatic heterocycles. The molecule has 4 heteroatoms. The summed E-state index contributed by atoms with van der Waals surface area (Å²) >= 11 is 0. The van der Waals surface area contributed by atoms with Crippen molar-refractivity contribution in [3.05, 3.63) is 71.8 Å². The van der Waals surface area contributed by atoms with Crippen molar-refractivity contribution in [2.24, 2.45) is 5.92 Å². The van der Waals surface area contributed by atoms with Crippen molar-refractivity contribution in [3.8, 4) is 0 Å². The summed E-state index contributed by atoms with van der Waals surface area (Å²) in [5, 5.41) is 0. The molecule has 0 saturated heterocycles. The summed E-state index contributed by atoms with van der Waals surface area (Å²) in [7, 11) is 0. The van der Waals surface area contributed by atoms with E-state index in [9.17, 15) is 9.59 Å². The van der Waals surface area contributed by atoms with Crippen molar-refractivity contribution in [2.75, 3.05) is 6.61 Å². The van der Waals surface area contributed by atoms with Crippen molar-refractivity contribution >= 4 is 11.9 Å². The van der Waals surface area contributed by atoms with Gasteiger partial charge in [0.05, 0.1) is 17.7 Å². The zero-order valence-corrected chi connectivity index (χ0v) is 13.4. The molecule has 1 aliphatic carbocycles. The van der Waals surface area contributed by atoms with Crippen molar-refractivity contribution in [1.29, 1.82) is 0 Å². The quantitative estimate of drug-likeness (QED) is 0.784. The van der Waals surface area contributed by atoms with Crippen LogP contribution in [-0.4, -0.2) is 24.6 Å². The lowest BCUT2D eigenvalue weighted by Gasteiger charge is -2.20. The molecule has 2 atom stereocenters. The maximum Gasteiger partial charge on any atom is 0.338 e. The number of carbonyl (C=O) groups is 2. The molecular formula is C20H20O4. The number of hydrogen-bond acceptors (Lipinski definition) is 4. The van der Waals surface area contributed by atoms with Gasteiger partial charge >= 0.3 is 11.9 Å². The van der Waals surface area contributed by atoms with E-state index in [1.807, 2.05) is 24.3 Å². The zero-order chi connectivity index (χ0) is 16.8. The first-order valence-electron chi connectivity index (χ1n) is 8.22. The zero-order valence-electron chi connectivity index (χ0n) is 13.4. The minimum atomic E-state index is -0.337. The fraction of sp³-hybridized carbons (Fsp3) is 0.300. The summed E-state index contributed by atoms with van der Waals surface area (Å²) in [4.78, 5) is 24.2. The van der Waals surface area contributed by atoms with Crippen molar-refractivity contribution < 1.29 is 19.1 Å². The average Bonchev–Trinajstić information content (AvgIpc) is 3.08. The maximum atomic E-state index is 12.2. The Balaban J connectivity index is 1.54. The molecule has 0 spiro atoms. The van der Waals surface area contributed by atoms with Crippen LogP contribution in [0, 0.1) is 5.92 Å². The van der Waals surface area contributed by atoms with Crippen molar-refractivity contribution in [3.63, 3.8) is 0 Å². The van der Waals surface area contributed by atoms with Crippen molar-refractivity contribution in [2.45, 2.75) is 25.4 Å². The third-order valence-corrected chi connectivity index (χ3v) is 4.30. The van der Waals surface area contributed by atoms with E-state index in [1.165, 1.54) is 0 Å². The van der Waals surface area contributed by atoms with Crippen LogP contribution in [-0.2, 0) is 9.47 Å². The Labute approximate surface area is 141 Å². The van der Waals surface area contributed by atoms with Crippen LogP contribution in [0.1, 0.15) is 40.0 Å². The number of ether oxygens (including phenoxy) is 2. The van der Waals surface area contributed by atoms with E-state index >= 15 is 0 Å². The van der Waals surface area contributed by atoms with Gasteiger partial charge in [-0.25, -0.2) is 9.59 Å². The lowest BCUT2D eigenvalue weighted by Crippen LogP contribution is -2.26. The normalized spacial score (nSPS) is 19.7. The molecule has 0 bridgehead atoms. The van der Waals surface area contributed by atoms with Gasteiger partial charge in [0.2, 0.25) is 0 Å². The Hall–Kier alpha value is -2.62. The first-order valence-corrected chi connectivity index (χ1v) is 8.22. The topological polar surface area (TPSA) is 52.6 Å². The number of benzene rings is 2. The van der Waals surface area contributed by atoms with E-state index in [4.69, 9.17) is 9.47 Å². The molecule has 24 heavy (non-hydrogen) atoms. The van der Waals surface area contributed by atoms with E-state index in [-0.39, 0.29) is 30.6 Å². The summed E-state index contributed by atoms with van der Waals surface area (Å²) in [6.45, 7) is 0.278. The Morgan fingerprint density at radius 2 is 1.42 bits per heavy atom. The molecule has 2 aromatic carbocycles. The van der Waals surface area contributed by atoms with Crippen LogP contribution in [0.4, 0.5) is 0 Å². The van der Waals surface area contributed by atoms with Gasteiger partial charge in [-0.05, 0) is 43.5 Å². The molecular weight excluding hydrogens is 304 g/mol. The summed E-state index contributed by atoms with van der Waals surface area (Å²) in [6, 6.07) is 17.9. The van der Waals surface area contributed by atoms with Gasteiger partial charge in [0.15, 0.2) is 0 Å². The van der Waals surface area contributed by atoms with Gasteiger partial charge in [0, 0.05) is 5.92 Å². The first-order chi connectivity index (χ1) is 11.7. The van der Waals surface area contributed by atoms with Gasteiger partial charge in [-0.2, -0.15) is 0 Å². The standard InChI is InChI=1S/C20H20O4/c21-19(15-8-3-1-4-9-15)23-14-17-12-7-13-18(17)24-20(22)16-10-5-2-6-11-16/h1-6,8-11,17-18H,7,12-14H2/t17-,18-/m1/s1. The summed E-state index contributed by atoms with van der Waals surface area (Å²) in [5.41, 5.74) is 1.08. The third kappa shape index (κ3) is 4.02. The molecule has 0 heterocycles. The van der Waals surface area contributed by atoms with Gasteiger partial charge < -0.3 is 9.47 Å². The monoisotopic (exact) mass is 324 g/mol. The number of carbonyl (C=O) groups excluding carboxylic acids is 2. The van der Waals surface area contributed by atoms with E-state index in [1.54, 1.807) is 36.4 Å². The molecule has 1 saturated carbocycles. The van der Waals surface area contributed by atoms with Crippen LogP contribution in [0.25, 0.3) is 0 Å². The highest BCUT2D eigenvalue weighted by molar-refractivity contribution is 5.90. The first kappa shape index (κ1) is 16.2. The molecule has 0 radical (unpaired) electrons. The van der Waals surface area contributed by atoms with Crippen LogP contribution in [0.15, 0.2) is 60.7 Å². The van der Waals surface area contributed by atoms with Gasteiger partial charge in [0.25, 0.3) is 0 Å². The molecule has 2 aromatic rings. The third-order valence-electron chi connectivity index (χ3n) is 4.30. The van der Waals surface area contributed by atoms with E-state index in [0.29, 0.717) is 11.1 Å². The molecule has 4 nitrogen and oxygen atoms in total. The minimum Gasteiger partial charge on any atom is -0.462 e. The molecule has 1 aliphatic rings. The van der Waals surface area contributed by atoms with Crippen LogP contribution in [0.3, 0.4) is 0 Å². The van der Waals surface area contributed by atoms with Crippen LogP contribution in [0.5, 0.6) is 0 Å². The Morgan fingerprint density at radius 1 is 0.833 bits per heavy atom. The fourth-order valence-electron chi connectivity index (χ4n) is 2.97. The van der Waals surface area contributed by atoms with Crippen molar-refractivity contribution in [1.82, 2.24) is 0 Å². The van der Waals surface area contributed by atoms with Gasteiger partial charge in [-0.3, -0.25) is 0 Å². The lowest BCUT2D eigenvalue weighted by molar-refractivity contribution is 0.00489. The predicted octanol–water partition coefficient (Wildman–Crippen LogP) is 3.87. The minimum absolute atomic E-state index is 0.0605. The summed E-state index contributed by atoms with van der Waals surface area (Å²) in [6.07, 6.45) is 2.49. The lowest BCUT2D eigenvalue weighted by atomic mass is 10.1. The van der Waals surface area contributed by atoms with Crippen LogP contribution < -0.4 is 0 Å². The average molecular weight is 324 g/mol. The van der Waals surface area contributed by atoms with E-state index in [0.717, 1.165) is 19.3 Å². The summed E-state index contributed by atoms with van der Waals surface area (Å²) in [5.74, 6) is -0.595. The second kappa shape index (κ2) is 7.77. The SMILES string of the molecule is O=C(OC[C@H]1CCC[C@H]1OC(=O)c1ccccc1)c1ccccc1.